The number of carbonyl (C=O) groups excluding carboxylic acids is 6. The lowest BCUT2D eigenvalue weighted by atomic mass is 9.69. The van der Waals surface area contributed by atoms with E-state index in [-0.39, 0.29) is 116 Å². The van der Waals surface area contributed by atoms with E-state index in [2.05, 4.69) is 42.3 Å². The second-order valence-corrected chi connectivity index (χ2v) is 24.5. The highest BCUT2D eigenvalue weighted by Gasteiger charge is 2.60. The zero-order chi connectivity index (χ0) is 64.3. The van der Waals surface area contributed by atoms with Crippen LogP contribution in [0.15, 0.2) is 92.4 Å². The largest absolute Gasteiger partial charge is 0.504 e. The van der Waals surface area contributed by atoms with Crippen molar-refractivity contribution in [3.63, 3.8) is 0 Å². The molecule has 24 heteroatoms. The SMILES string of the molecule is C.C.COC1=C(C)C(=O)C2=C(C1=O)[C@H](CNC(=O)C(C)N)N1C(C2)[C@H]2c3c(cc(C)c(OC)c3O)C[C@@H]([C@@H]1C#N)N2C.COC1=C(C)C(=O)C2=C(C1=O)[C@H](CNC(=O)C(C)N=CSNc1ccccc1)N1C(C2)[C@H]2c3c(cc(C)c(OC)c3O)C[C@@H]([C@@H]1C#N)N2C. The summed E-state index contributed by atoms with van der Waals surface area (Å²) in [7, 11) is 9.57. The topological polar surface area (TPSA) is 315 Å². The van der Waals surface area contributed by atoms with Crippen molar-refractivity contribution >= 4 is 58.1 Å². The van der Waals surface area contributed by atoms with E-state index in [1.54, 1.807) is 33.2 Å². The quantitative estimate of drug-likeness (QED) is 0.0489. The minimum Gasteiger partial charge on any atom is -0.504 e. The number of benzene rings is 3. The van der Waals surface area contributed by atoms with Gasteiger partial charge in [-0.15, -0.1) is 0 Å². The summed E-state index contributed by atoms with van der Waals surface area (Å²) in [6, 6.07) is 11.6. The Kier molecular flexibility index (Phi) is 20.5. The number of nitrogens with one attached hydrogen (secondary N) is 3. The van der Waals surface area contributed by atoms with Crippen LogP contribution in [0.2, 0.25) is 0 Å². The van der Waals surface area contributed by atoms with Crippen LogP contribution < -0.4 is 30.6 Å². The highest BCUT2D eigenvalue weighted by atomic mass is 32.2. The summed E-state index contributed by atoms with van der Waals surface area (Å²) in [6.07, 6.45) is 1.31. The molecule has 91 heavy (non-hydrogen) atoms. The van der Waals surface area contributed by atoms with Gasteiger partial charge >= 0.3 is 0 Å². The number of ether oxygens (including phenoxy) is 4. The number of nitrogens with zero attached hydrogens (tertiary/aromatic N) is 7. The number of piperazine rings is 2. The van der Waals surface area contributed by atoms with E-state index in [1.165, 1.54) is 40.4 Å². The number of hydrogen-bond acceptors (Lipinski definition) is 22. The number of ketones is 4. The second kappa shape index (κ2) is 27.2. The first-order valence-corrected chi connectivity index (χ1v) is 30.4. The zero-order valence-electron chi connectivity index (χ0n) is 51.9. The first-order chi connectivity index (χ1) is 42.5. The number of likely N-dealkylation sites (N-methyl/N-ethyl adjacent to an activating group) is 2. The number of aryl methyl sites for hydroxylation is 2. The molecule has 11 rings (SSSR count). The lowest BCUT2D eigenvalue weighted by Gasteiger charge is -2.60. The molecule has 6 heterocycles. The number of phenolic OH excluding ortho intramolecular Hbond substituents is 2. The molecule has 2 amide bonds. The van der Waals surface area contributed by atoms with Crippen LogP contribution in [-0.4, -0.2) is 186 Å². The van der Waals surface area contributed by atoms with E-state index in [0.717, 1.165) is 27.9 Å². The van der Waals surface area contributed by atoms with Crippen molar-refractivity contribution in [2.45, 2.75) is 155 Å². The van der Waals surface area contributed by atoms with Crippen molar-refractivity contribution in [2.75, 3.05) is 60.3 Å². The van der Waals surface area contributed by atoms with E-state index in [0.29, 0.717) is 46.6 Å². The maximum absolute atomic E-state index is 14.1. The number of nitrogens with two attached hydrogens (primary N) is 1. The number of fused-ring (bicyclic) bond motifs is 12. The Hall–Kier alpha value is -8.36. The van der Waals surface area contributed by atoms with Crippen molar-refractivity contribution in [1.29, 1.82) is 10.5 Å². The molecular formula is C67H83N11O12S. The van der Waals surface area contributed by atoms with Gasteiger partial charge in [-0.3, -0.25) is 53.4 Å². The maximum Gasteiger partial charge on any atom is 0.244 e. The number of allylic oxidation sites excluding steroid dienone is 4. The van der Waals surface area contributed by atoms with E-state index < -0.39 is 77.9 Å². The molecule has 0 radical (unpaired) electrons. The van der Waals surface area contributed by atoms with Gasteiger partial charge in [0.05, 0.1) is 76.3 Å². The molecular weight excluding hydrogens is 1180 g/mol. The summed E-state index contributed by atoms with van der Waals surface area (Å²) in [5, 5.41) is 50.1. The number of phenols is 2. The van der Waals surface area contributed by atoms with Crippen LogP contribution in [-0.2, 0) is 51.1 Å². The average Bonchev–Trinajstić information content (AvgIpc) is 0.710. The Balaban J connectivity index is 0.000000234. The van der Waals surface area contributed by atoms with Gasteiger partial charge in [0.1, 0.15) is 18.1 Å². The minimum absolute atomic E-state index is 0. The van der Waals surface area contributed by atoms with Crippen LogP contribution >= 0.6 is 11.9 Å². The number of carbonyl (C=O) groups is 6. The molecule has 0 aromatic heterocycles. The lowest BCUT2D eigenvalue weighted by Crippen LogP contribution is -2.71. The van der Waals surface area contributed by atoms with E-state index in [9.17, 15) is 49.5 Å². The molecule has 484 valence electrons. The Morgan fingerprint density at radius 3 is 1.47 bits per heavy atom. The van der Waals surface area contributed by atoms with Crippen molar-refractivity contribution in [3.05, 3.63) is 121 Å². The van der Waals surface area contributed by atoms with E-state index in [1.807, 2.05) is 80.2 Å². The average molecular weight is 1270 g/mol. The summed E-state index contributed by atoms with van der Waals surface area (Å²) >= 11 is 1.23. The number of rotatable bonds is 14. The molecule has 3 aromatic carbocycles. The van der Waals surface area contributed by atoms with Crippen molar-refractivity contribution in [2.24, 2.45) is 10.7 Å². The molecule has 2 saturated heterocycles. The molecule has 0 spiro atoms. The Labute approximate surface area is 536 Å². The second-order valence-electron chi connectivity index (χ2n) is 23.9. The van der Waals surface area contributed by atoms with Gasteiger partial charge in [-0.05, 0) is 128 Å². The molecule has 7 N–H and O–H groups in total. The number of nitriles is 2. The van der Waals surface area contributed by atoms with Crippen LogP contribution in [0.3, 0.4) is 0 Å². The first-order valence-electron chi connectivity index (χ1n) is 29.5. The summed E-state index contributed by atoms with van der Waals surface area (Å²) in [4.78, 5) is 93.9. The van der Waals surface area contributed by atoms with Crippen LogP contribution in [0.4, 0.5) is 5.69 Å². The van der Waals surface area contributed by atoms with Crippen molar-refractivity contribution in [3.8, 4) is 35.1 Å². The fourth-order valence-corrected chi connectivity index (χ4v) is 15.7. The zero-order valence-corrected chi connectivity index (χ0v) is 52.7. The number of amides is 2. The Morgan fingerprint density at radius 1 is 0.670 bits per heavy atom. The van der Waals surface area contributed by atoms with Gasteiger partial charge in [-0.25, -0.2) is 0 Å². The van der Waals surface area contributed by atoms with Gasteiger partial charge in [-0.2, -0.15) is 10.5 Å². The number of aliphatic imine (C=N–C) groups is 1. The van der Waals surface area contributed by atoms with Gasteiger partial charge in [-0.1, -0.05) is 45.2 Å². The fraction of sp³-hybridized carbons (Fsp3) is 0.478. The Morgan fingerprint density at radius 2 is 1.09 bits per heavy atom. The van der Waals surface area contributed by atoms with Crippen LogP contribution in [0.1, 0.15) is 101 Å². The lowest BCUT2D eigenvalue weighted by molar-refractivity contribution is -0.125. The number of hydrogen-bond donors (Lipinski definition) is 6. The Bertz CT molecular complexity index is 3730. The number of aromatic hydroxyl groups is 2. The fourth-order valence-electron chi connectivity index (χ4n) is 15.1. The number of para-hydroxylation sites is 1. The molecule has 2 fully saturated rings. The van der Waals surface area contributed by atoms with Gasteiger partial charge in [0, 0.05) is 87.5 Å². The maximum atomic E-state index is 14.1. The highest BCUT2D eigenvalue weighted by Crippen LogP contribution is 2.56. The van der Waals surface area contributed by atoms with Gasteiger partial charge in [0.15, 0.2) is 46.1 Å². The van der Waals surface area contributed by atoms with Crippen molar-refractivity contribution < 1.29 is 57.9 Å². The third-order valence-electron chi connectivity index (χ3n) is 19.1. The van der Waals surface area contributed by atoms with Gasteiger partial charge < -0.3 is 50.2 Å². The predicted octanol–water partition coefficient (Wildman–Crippen LogP) is 5.68. The normalized spacial score (nSPS) is 26.5. The van der Waals surface area contributed by atoms with Crippen LogP contribution in [0, 0.1) is 36.5 Å². The van der Waals surface area contributed by atoms with E-state index in [4.69, 9.17) is 24.7 Å². The predicted molar refractivity (Wildman–Crippen MR) is 344 cm³/mol. The first kappa shape index (κ1) is 68.5. The molecule has 2 aliphatic carbocycles. The van der Waals surface area contributed by atoms with E-state index >= 15 is 0 Å². The number of Topliss-reactive ketones (excluding diaryl/α,β-unsaturated/α-hetero) is 4. The standard InChI is InChI=1S/C36H40N6O6S.C29H35N5O6.2CH4/c1-18-12-21-13-24-26(15-37)42-25(30(41(24)4)28(21)32(44)34(18)47-5)14-23-29(33(45)35(48-6)19(2)31(23)43)27(42)16-38-36(46)20(3)39-17-49-40-22-10-8-7-9-11-22;1-12-7-15-8-17-19(10-30)34-18(23(33(17)4)21(15)25(36)27(12)39-5)9-16-22(20(34)11-32-29(38)14(3)31)26(37)28(40-6)13(2)24(16)35;;/h7-12,17,20,24-27,30,40,44H,13-14,16H2,1-6H3,(H,38,46);7,14,17-20,23,36H,8-9,11,31H2,1-6H3,(H,32,38);2*1H4/t20?,24-,25?,26-,27-,30-;14?,17-,18?,19-,20-,23-;;/m00../s1. The van der Waals surface area contributed by atoms with Crippen molar-refractivity contribution in [1.82, 2.24) is 30.2 Å². The molecule has 3 aromatic rings. The summed E-state index contributed by atoms with van der Waals surface area (Å²) < 4.78 is 25.1. The molecule has 0 saturated carbocycles. The number of anilines is 1. The molecule has 8 aliphatic rings. The van der Waals surface area contributed by atoms with Crippen LogP contribution in [0.5, 0.6) is 23.0 Å². The smallest absolute Gasteiger partial charge is 0.244 e. The van der Waals surface area contributed by atoms with Gasteiger partial charge in [0.25, 0.3) is 0 Å². The summed E-state index contributed by atoms with van der Waals surface area (Å²) in [6.45, 7) is 10.0. The molecule has 6 aliphatic heterocycles. The third kappa shape index (κ3) is 11.5. The monoisotopic (exact) mass is 1270 g/mol. The minimum atomic E-state index is -0.822. The van der Waals surface area contributed by atoms with Crippen LogP contribution in [0.25, 0.3) is 0 Å². The highest BCUT2D eigenvalue weighted by molar-refractivity contribution is 8.13. The molecule has 4 unspecified atom stereocenters. The van der Waals surface area contributed by atoms with Gasteiger partial charge in [0.2, 0.25) is 23.4 Å². The molecule has 12 atom stereocenters. The number of methoxy groups -OCH3 is 4. The molecule has 23 nitrogen and oxygen atoms in total. The summed E-state index contributed by atoms with van der Waals surface area (Å²) in [5.74, 6) is -1.49. The summed E-state index contributed by atoms with van der Waals surface area (Å²) in [5.41, 5.74) is 14.6. The third-order valence-corrected chi connectivity index (χ3v) is 19.7. The molecule has 4 bridgehead atoms.